The van der Waals surface area contributed by atoms with Crippen LogP contribution < -0.4 is 10.6 Å². The van der Waals surface area contributed by atoms with Gasteiger partial charge in [-0.05, 0) is 49.2 Å². The van der Waals surface area contributed by atoms with Gasteiger partial charge in [0.25, 0.3) is 5.91 Å². The summed E-state index contributed by atoms with van der Waals surface area (Å²) in [6, 6.07) is 12.7. The van der Waals surface area contributed by atoms with Gasteiger partial charge in [-0.3, -0.25) is 4.79 Å². The topological polar surface area (TPSA) is 93.2 Å². The minimum absolute atomic E-state index is 0.263. The average Bonchev–Trinajstić information content (AvgIpc) is 2.67. The first-order chi connectivity index (χ1) is 13.5. The Balaban J connectivity index is 1.73. The van der Waals surface area contributed by atoms with E-state index in [9.17, 15) is 9.59 Å². The molecule has 0 radical (unpaired) electrons. The number of methoxy groups -OCH3 is 1. The third-order valence-electron chi connectivity index (χ3n) is 3.97. The zero-order valence-corrected chi connectivity index (χ0v) is 15.8. The molecular weight excluding hydrogens is 356 g/mol. The van der Waals surface area contributed by atoms with Crippen molar-refractivity contribution < 1.29 is 14.3 Å². The number of anilines is 3. The number of aryl methyl sites for hydroxylation is 2. The molecule has 0 fully saturated rings. The van der Waals surface area contributed by atoms with Crippen molar-refractivity contribution in [2.24, 2.45) is 0 Å². The number of nitrogens with zero attached hydrogens (tertiary/aromatic N) is 2. The Kier molecular flexibility index (Phi) is 5.64. The number of hydrogen-bond donors (Lipinski definition) is 2. The van der Waals surface area contributed by atoms with Gasteiger partial charge in [0, 0.05) is 18.1 Å². The lowest BCUT2D eigenvalue weighted by atomic mass is 10.1. The molecule has 1 amide bonds. The summed E-state index contributed by atoms with van der Waals surface area (Å²) in [5.74, 6) is -0.502. The summed E-state index contributed by atoms with van der Waals surface area (Å²) in [4.78, 5) is 32.6. The predicted molar refractivity (Wildman–Crippen MR) is 107 cm³/mol. The third kappa shape index (κ3) is 4.50. The van der Waals surface area contributed by atoms with Crippen LogP contribution in [0.2, 0.25) is 0 Å². The van der Waals surface area contributed by atoms with Crippen molar-refractivity contribution in [2.45, 2.75) is 13.8 Å². The molecule has 0 aliphatic rings. The van der Waals surface area contributed by atoms with E-state index in [1.54, 1.807) is 24.3 Å². The molecule has 28 heavy (non-hydrogen) atoms. The molecule has 7 nitrogen and oxygen atoms in total. The number of rotatable bonds is 5. The highest BCUT2D eigenvalue weighted by atomic mass is 16.5. The van der Waals surface area contributed by atoms with Crippen LogP contribution in [0.3, 0.4) is 0 Å². The lowest BCUT2D eigenvalue weighted by molar-refractivity contribution is 0.0601. The number of para-hydroxylation sites is 1. The van der Waals surface area contributed by atoms with E-state index in [0.717, 1.165) is 16.8 Å². The van der Waals surface area contributed by atoms with Crippen LogP contribution in [0.5, 0.6) is 0 Å². The Hall–Kier alpha value is -3.74. The number of hydrogen-bond acceptors (Lipinski definition) is 6. The molecule has 3 aromatic rings. The number of carbonyl (C=O) groups is 2. The first-order valence-electron chi connectivity index (χ1n) is 8.62. The van der Waals surface area contributed by atoms with Gasteiger partial charge in [0.1, 0.15) is 0 Å². The molecule has 0 spiro atoms. The molecular formula is C21H20N4O3. The van der Waals surface area contributed by atoms with Crippen LogP contribution >= 0.6 is 0 Å². The SMILES string of the molecule is COC(=O)c1ccccc1Nc1ncc(C(=O)Nc2cc(C)cc(C)c2)cn1. The van der Waals surface area contributed by atoms with Crippen molar-refractivity contribution in [3.8, 4) is 0 Å². The highest BCUT2D eigenvalue weighted by Gasteiger charge is 2.13. The fourth-order valence-electron chi connectivity index (χ4n) is 2.76. The Bertz CT molecular complexity index is 996. The zero-order chi connectivity index (χ0) is 20.1. The maximum absolute atomic E-state index is 12.4. The van der Waals surface area contributed by atoms with Gasteiger partial charge in [-0.1, -0.05) is 18.2 Å². The van der Waals surface area contributed by atoms with Crippen LogP contribution in [0.4, 0.5) is 17.3 Å². The van der Waals surface area contributed by atoms with Gasteiger partial charge in [0.15, 0.2) is 0 Å². The summed E-state index contributed by atoms with van der Waals surface area (Å²) >= 11 is 0. The normalized spacial score (nSPS) is 10.2. The van der Waals surface area contributed by atoms with E-state index in [1.807, 2.05) is 32.0 Å². The van der Waals surface area contributed by atoms with E-state index in [-0.39, 0.29) is 11.9 Å². The molecule has 0 saturated carbocycles. The van der Waals surface area contributed by atoms with Gasteiger partial charge in [0.05, 0.1) is 23.9 Å². The van der Waals surface area contributed by atoms with Crippen LogP contribution in [-0.4, -0.2) is 29.0 Å². The lowest BCUT2D eigenvalue weighted by Crippen LogP contribution is -2.13. The average molecular weight is 376 g/mol. The molecule has 2 aromatic carbocycles. The second-order valence-electron chi connectivity index (χ2n) is 6.29. The quantitative estimate of drug-likeness (QED) is 0.657. The van der Waals surface area contributed by atoms with E-state index < -0.39 is 5.97 Å². The van der Waals surface area contributed by atoms with Gasteiger partial charge in [-0.15, -0.1) is 0 Å². The van der Waals surface area contributed by atoms with Crippen molar-refractivity contribution in [2.75, 3.05) is 17.7 Å². The molecule has 0 saturated heterocycles. The van der Waals surface area contributed by atoms with Crippen LogP contribution in [0, 0.1) is 13.8 Å². The maximum Gasteiger partial charge on any atom is 0.339 e. The Labute approximate surface area is 162 Å². The molecule has 7 heteroatoms. The second kappa shape index (κ2) is 8.30. The molecule has 1 heterocycles. The standard InChI is InChI=1S/C21H20N4O3/c1-13-8-14(2)10-16(9-13)24-19(26)15-11-22-21(23-12-15)25-18-7-5-4-6-17(18)20(27)28-3/h4-12H,1-3H3,(H,24,26)(H,22,23,25). The zero-order valence-electron chi connectivity index (χ0n) is 15.8. The number of amides is 1. The Morgan fingerprint density at radius 3 is 2.25 bits per heavy atom. The van der Waals surface area contributed by atoms with Crippen molar-refractivity contribution in [3.05, 3.63) is 77.1 Å². The van der Waals surface area contributed by atoms with E-state index in [2.05, 4.69) is 20.6 Å². The number of aromatic nitrogens is 2. The Morgan fingerprint density at radius 2 is 1.61 bits per heavy atom. The van der Waals surface area contributed by atoms with Gasteiger partial charge < -0.3 is 15.4 Å². The van der Waals surface area contributed by atoms with Gasteiger partial charge in [0.2, 0.25) is 5.95 Å². The van der Waals surface area contributed by atoms with Gasteiger partial charge in [-0.2, -0.15) is 0 Å². The van der Waals surface area contributed by atoms with Crippen LogP contribution in [0.25, 0.3) is 0 Å². The van der Waals surface area contributed by atoms with Crippen molar-refractivity contribution in [1.82, 2.24) is 9.97 Å². The van der Waals surface area contributed by atoms with E-state index >= 15 is 0 Å². The molecule has 142 valence electrons. The smallest absolute Gasteiger partial charge is 0.339 e. The van der Waals surface area contributed by atoms with E-state index in [1.165, 1.54) is 19.5 Å². The maximum atomic E-state index is 12.4. The number of esters is 1. The predicted octanol–water partition coefficient (Wildman–Crippen LogP) is 3.88. The van der Waals surface area contributed by atoms with Crippen LogP contribution in [-0.2, 0) is 4.74 Å². The number of carbonyl (C=O) groups excluding carboxylic acids is 2. The summed E-state index contributed by atoms with van der Waals surface area (Å²) in [5.41, 5.74) is 4.06. The summed E-state index contributed by atoms with van der Waals surface area (Å²) in [7, 11) is 1.32. The molecule has 0 aliphatic carbocycles. The van der Waals surface area contributed by atoms with Gasteiger partial charge >= 0.3 is 5.97 Å². The molecule has 0 aliphatic heterocycles. The molecule has 2 N–H and O–H groups in total. The number of ether oxygens (including phenoxy) is 1. The Morgan fingerprint density at radius 1 is 0.964 bits per heavy atom. The van der Waals surface area contributed by atoms with E-state index in [4.69, 9.17) is 4.74 Å². The molecule has 0 bridgehead atoms. The fraction of sp³-hybridized carbons (Fsp3) is 0.143. The van der Waals surface area contributed by atoms with Crippen molar-refractivity contribution in [3.63, 3.8) is 0 Å². The monoisotopic (exact) mass is 376 g/mol. The second-order valence-corrected chi connectivity index (χ2v) is 6.29. The highest BCUT2D eigenvalue weighted by molar-refractivity contribution is 6.04. The van der Waals surface area contributed by atoms with Crippen molar-refractivity contribution in [1.29, 1.82) is 0 Å². The summed E-state index contributed by atoms with van der Waals surface area (Å²) in [5, 5.41) is 5.80. The summed E-state index contributed by atoms with van der Waals surface area (Å²) in [6.45, 7) is 3.94. The van der Waals surface area contributed by atoms with Crippen LogP contribution in [0.15, 0.2) is 54.9 Å². The first-order valence-corrected chi connectivity index (χ1v) is 8.62. The van der Waals surface area contributed by atoms with E-state index in [0.29, 0.717) is 16.8 Å². The minimum Gasteiger partial charge on any atom is -0.465 e. The van der Waals surface area contributed by atoms with Gasteiger partial charge in [-0.25, -0.2) is 14.8 Å². The fourth-order valence-corrected chi connectivity index (χ4v) is 2.76. The summed E-state index contributed by atoms with van der Waals surface area (Å²) in [6.07, 6.45) is 2.85. The third-order valence-corrected chi connectivity index (χ3v) is 3.97. The molecule has 0 unspecified atom stereocenters. The first kappa shape index (κ1) is 19.0. The summed E-state index contributed by atoms with van der Waals surface area (Å²) < 4.78 is 4.77. The number of nitrogens with one attached hydrogen (secondary N) is 2. The number of benzene rings is 2. The molecule has 0 atom stereocenters. The molecule has 1 aromatic heterocycles. The highest BCUT2D eigenvalue weighted by Crippen LogP contribution is 2.19. The van der Waals surface area contributed by atoms with Crippen LogP contribution in [0.1, 0.15) is 31.8 Å². The van der Waals surface area contributed by atoms with Crippen molar-refractivity contribution >= 4 is 29.2 Å². The molecule has 3 rings (SSSR count). The largest absolute Gasteiger partial charge is 0.465 e. The minimum atomic E-state index is -0.465. The lowest BCUT2D eigenvalue weighted by Gasteiger charge is -2.10.